The van der Waals surface area contributed by atoms with Gasteiger partial charge in [0.25, 0.3) is 0 Å². The highest BCUT2D eigenvalue weighted by Gasteiger charge is 2.48. The number of rotatable bonds is 3. The van der Waals surface area contributed by atoms with E-state index in [4.69, 9.17) is 5.11 Å². The van der Waals surface area contributed by atoms with E-state index in [-0.39, 0.29) is 11.7 Å². The van der Waals surface area contributed by atoms with Gasteiger partial charge in [-0.05, 0) is 18.6 Å². The molecule has 1 saturated carbocycles. The highest BCUT2D eigenvalue weighted by Crippen LogP contribution is 2.41. The van der Waals surface area contributed by atoms with E-state index in [1.807, 2.05) is 0 Å². The van der Waals surface area contributed by atoms with Gasteiger partial charge in [0, 0.05) is 16.0 Å². The number of carbonyl (C=O) groups is 2. The van der Waals surface area contributed by atoms with E-state index in [0.29, 0.717) is 12.0 Å². The first kappa shape index (κ1) is 10.4. The second-order valence-corrected chi connectivity index (χ2v) is 4.57. The summed E-state index contributed by atoms with van der Waals surface area (Å²) >= 11 is 3.28. The van der Waals surface area contributed by atoms with Crippen LogP contribution in [0.5, 0.6) is 0 Å². The average Bonchev–Trinajstić information content (AvgIpc) is 2.97. The van der Waals surface area contributed by atoms with Crippen LogP contribution in [0, 0.1) is 11.8 Å². The molecule has 15 heavy (non-hydrogen) atoms. The summed E-state index contributed by atoms with van der Waals surface area (Å²) in [4.78, 5) is 22.4. The summed E-state index contributed by atoms with van der Waals surface area (Å²) in [6.07, 6.45) is 0.476. The second kappa shape index (κ2) is 3.77. The van der Waals surface area contributed by atoms with Gasteiger partial charge in [-0.25, -0.2) is 0 Å². The summed E-state index contributed by atoms with van der Waals surface area (Å²) in [5, 5.41) is 8.70. The molecule has 0 aliphatic heterocycles. The molecule has 0 saturated heterocycles. The number of ketones is 1. The molecule has 2 rings (SSSR count). The number of Topliss-reactive ketones (excluding diaryl/α,β-unsaturated/α-hetero) is 1. The third-order valence-corrected chi connectivity index (χ3v) is 3.10. The molecule has 1 fully saturated rings. The van der Waals surface area contributed by atoms with Crippen LogP contribution in [0.2, 0.25) is 0 Å². The lowest BCUT2D eigenvalue weighted by Gasteiger charge is -1.98. The van der Waals surface area contributed by atoms with Crippen LogP contribution < -0.4 is 0 Å². The van der Waals surface area contributed by atoms with Gasteiger partial charge in [-0.2, -0.15) is 0 Å². The van der Waals surface area contributed by atoms with Crippen LogP contribution in [0.25, 0.3) is 0 Å². The predicted octanol–water partition coefficient (Wildman–Crippen LogP) is 2.35. The van der Waals surface area contributed by atoms with Gasteiger partial charge in [0.15, 0.2) is 5.78 Å². The molecule has 0 bridgehead atoms. The molecule has 78 valence electrons. The third-order valence-electron chi connectivity index (χ3n) is 2.57. The van der Waals surface area contributed by atoms with Crippen molar-refractivity contribution in [2.24, 2.45) is 11.8 Å². The number of carboxylic acids is 1. The van der Waals surface area contributed by atoms with E-state index in [0.717, 1.165) is 4.47 Å². The number of aliphatic carboxylic acids is 1. The number of carbonyl (C=O) groups excluding carboxylic acids is 1. The molecular weight excluding hydrogens is 260 g/mol. The minimum absolute atomic E-state index is 0.0603. The average molecular weight is 269 g/mol. The number of hydrogen-bond donors (Lipinski definition) is 1. The molecule has 2 atom stereocenters. The standard InChI is InChI=1S/C11H9BrO3/c12-7-3-1-6(2-4-7)10(13)8-5-9(8)11(14)15/h1-4,8-9H,5H2,(H,14,15)/t8-,9+/m1/s1. The molecule has 0 aromatic heterocycles. The van der Waals surface area contributed by atoms with Crippen LogP contribution in [0.3, 0.4) is 0 Å². The van der Waals surface area contributed by atoms with Crippen LogP contribution in [-0.4, -0.2) is 16.9 Å². The fourth-order valence-corrected chi connectivity index (χ4v) is 1.85. The van der Waals surface area contributed by atoms with Gasteiger partial charge >= 0.3 is 5.97 Å². The maximum Gasteiger partial charge on any atom is 0.307 e. The van der Waals surface area contributed by atoms with Gasteiger partial charge in [-0.1, -0.05) is 28.1 Å². The van der Waals surface area contributed by atoms with Crippen LogP contribution in [0.15, 0.2) is 28.7 Å². The van der Waals surface area contributed by atoms with Crippen molar-refractivity contribution in [2.45, 2.75) is 6.42 Å². The molecule has 0 spiro atoms. The number of benzene rings is 1. The number of halogens is 1. The summed E-state index contributed by atoms with van der Waals surface area (Å²) in [5.41, 5.74) is 0.590. The highest BCUT2D eigenvalue weighted by molar-refractivity contribution is 9.10. The Bertz CT molecular complexity index is 410. The third kappa shape index (κ3) is 2.09. The van der Waals surface area contributed by atoms with Crippen LogP contribution >= 0.6 is 15.9 Å². The lowest BCUT2D eigenvalue weighted by molar-refractivity contribution is -0.138. The summed E-state index contributed by atoms with van der Waals surface area (Å²) in [6.45, 7) is 0. The zero-order valence-corrected chi connectivity index (χ0v) is 9.40. The molecule has 0 amide bonds. The molecule has 0 radical (unpaired) electrons. The molecule has 0 heterocycles. The monoisotopic (exact) mass is 268 g/mol. The van der Waals surface area contributed by atoms with Crippen LogP contribution in [0.4, 0.5) is 0 Å². The van der Waals surface area contributed by atoms with E-state index in [1.165, 1.54) is 0 Å². The van der Waals surface area contributed by atoms with Crippen molar-refractivity contribution in [3.8, 4) is 0 Å². The fraction of sp³-hybridized carbons (Fsp3) is 0.273. The van der Waals surface area contributed by atoms with Crippen molar-refractivity contribution in [1.82, 2.24) is 0 Å². The van der Waals surface area contributed by atoms with E-state index in [1.54, 1.807) is 24.3 Å². The molecule has 1 aliphatic carbocycles. The quantitative estimate of drug-likeness (QED) is 0.857. The smallest absolute Gasteiger partial charge is 0.307 e. The summed E-state index contributed by atoms with van der Waals surface area (Å²) in [5.74, 6) is -1.72. The van der Waals surface area contributed by atoms with Crippen molar-refractivity contribution in [1.29, 1.82) is 0 Å². The Kier molecular flexibility index (Phi) is 2.61. The van der Waals surface area contributed by atoms with E-state index >= 15 is 0 Å². The lowest BCUT2D eigenvalue weighted by Crippen LogP contribution is -2.07. The highest BCUT2D eigenvalue weighted by atomic mass is 79.9. The Labute approximate surface area is 95.2 Å². The fourth-order valence-electron chi connectivity index (χ4n) is 1.59. The van der Waals surface area contributed by atoms with E-state index < -0.39 is 11.9 Å². The van der Waals surface area contributed by atoms with Gasteiger partial charge in [0.05, 0.1) is 5.92 Å². The first-order chi connectivity index (χ1) is 7.09. The SMILES string of the molecule is O=C(O)[C@H]1C[C@H]1C(=O)c1ccc(Br)cc1. The maximum atomic E-state index is 11.8. The maximum absolute atomic E-state index is 11.8. The Morgan fingerprint density at radius 1 is 1.20 bits per heavy atom. The van der Waals surface area contributed by atoms with Crippen LogP contribution in [0.1, 0.15) is 16.8 Å². The van der Waals surface area contributed by atoms with Gasteiger partial charge < -0.3 is 5.11 Å². The Morgan fingerprint density at radius 3 is 2.27 bits per heavy atom. The molecule has 1 aromatic carbocycles. The Morgan fingerprint density at radius 2 is 1.80 bits per heavy atom. The molecule has 4 heteroatoms. The van der Waals surface area contributed by atoms with E-state index in [9.17, 15) is 9.59 Å². The van der Waals surface area contributed by atoms with Crippen molar-refractivity contribution >= 4 is 27.7 Å². The topological polar surface area (TPSA) is 54.4 Å². The minimum atomic E-state index is -0.870. The van der Waals surface area contributed by atoms with E-state index in [2.05, 4.69) is 15.9 Å². The minimum Gasteiger partial charge on any atom is -0.481 e. The second-order valence-electron chi connectivity index (χ2n) is 3.66. The van der Waals surface area contributed by atoms with Gasteiger partial charge in [-0.15, -0.1) is 0 Å². The first-order valence-corrected chi connectivity index (χ1v) is 5.41. The van der Waals surface area contributed by atoms with Crippen molar-refractivity contribution in [2.75, 3.05) is 0 Å². The number of carboxylic acid groups (broad SMARTS) is 1. The summed E-state index contributed by atoms with van der Waals surface area (Å²) < 4.78 is 0.907. The summed E-state index contributed by atoms with van der Waals surface area (Å²) in [7, 11) is 0. The normalized spacial score (nSPS) is 23.5. The largest absolute Gasteiger partial charge is 0.481 e. The van der Waals surface area contributed by atoms with Gasteiger partial charge in [-0.3, -0.25) is 9.59 Å². The Hall–Kier alpha value is -1.16. The number of hydrogen-bond acceptors (Lipinski definition) is 2. The molecule has 1 aliphatic rings. The molecule has 1 N–H and O–H groups in total. The van der Waals surface area contributed by atoms with Crippen molar-refractivity contribution in [3.05, 3.63) is 34.3 Å². The molecular formula is C11H9BrO3. The van der Waals surface area contributed by atoms with Crippen molar-refractivity contribution in [3.63, 3.8) is 0 Å². The molecule has 1 aromatic rings. The summed E-state index contributed by atoms with van der Waals surface area (Å²) in [6, 6.07) is 6.99. The molecule has 3 nitrogen and oxygen atoms in total. The zero-order valence-electron chi connectivity index (χ0n) is 7.81. The van der Waals surface area contributed by atoms with Gasteiger partial charge in [0.1, 0.15) is 0 Å². The zero-order chi connectivity index (χ0) is 11.0. The van der Waals surface area contributed by atoms with Crippen LogP contribution in [-0.2, 0) is 4.79 Å². The first-order valence-electron chi connectivity index (χ1n) is 4.62. The molecule has 0 unspecified atom stereocenters. The van der Waals surface area contributed by atoms with Gasteiger partial charge in [0.2, 0.25) is 0 Å². The van der Waals surface area contributed by atoms with Crippen molar-refractivity contribution < 1.29 is 14.7 Å². The lowest BCUT2D eigenvalue weighted by atomic mass is 10.1. The Balaban J connectivity index is 2.10. The predicted molar refractivity (Wildman–Crippen MR) is 57.7 cm³/mol.